The molecule has 0 nitrogen and oxygen atoms in total. The summed E-state index contributed by atoms with van der Waals surface area (Å²) in [7, 11) is 0. The molecule has 0 unspecified atom stereocenters. The van der Waals surface area contributed by atoms with E-state index in [1.807, 2.05) is 0 Å². The van der Waals surface area contributed by atoms with E-state index < -0.39 is 0 Å². The molecule has 0 fully saturated rings. The van der Waals surface area contributed by atoms with E-state index in [1.54, 1.807) is 0 Å². The predicted molar refractivity (Wildman–Crippen MR) is 79.7 cm³/mol. The second-order valence-electron chi connectivity index (χ2n) is 6.08. The van der Waals surface area contributed by atoms with Crippen LogP contribution in [0.2, 0.25) is 0 Å². The van der Waals surface area contributed by atoms with Gasteiger partial charge in [-0.15, -0.1) is 0 Å². The Morgan fingerprint density at radius 1 is 0.778 bits per heavy atom. The second-order valence-corrected chi connectivity index (χ2v) is 6.08. The minimum absolute atomic E-state index is 0.393. The first kappa shape index (κ1) is 12.9. The van der Waals surface area contributed by atoms with Crippen molar-refractivity contribution < 1.29 is 0 Å². The number of hydrogen-bond acceptors (Lipinski definition) is 0. The highest BCUT2D eigenvalue weighted by atomic mass is 14.2. The highest BCUT2D eigenvalue weighted by Crippen LogP contribution is 2.28. The zero-order chi connectivity index (χ0) is 13.0. The van der Waals surface area contributed by atoms with Crippen molar-refractivity contribution in [2.75, 3.05) is 0 Å². The van der Waals surface area contributed by atoms with Gasteiger partial charge in [0.25, 0.3) is 0 Å². The summed E-state index contributed by atoms with van der Waals surface area (Å²) >= 11 is 0. The van der Waals surface area contributed by atoms with Crippen LogP contribution in [0, 0.1) is 5.41 Å². The molecule has 0 bridgehead atoms. The Morgan fingerprint density at radius 3 is 2.06 bits per heavy atom. The molecule has 0 aliphatic carbocycles. The lowest BCUT2D eigenvalue weighted by Crippen LogP contribution is -2.06. The van der Waals surface area contributed by atoms with Crippen molar-refractivity contribution in [1.29, 1.82) is 0 Å². The van der Waals surface area contributed by atoms with Crippen LogP contribution in [0.1, 0.15) is 32.8 Å². The van der Waals surface area contributed by atoms with Gasteiger partial charge in [0, 0.05) is 0 Å². The number of aryl methyl sites for hydroxylation is 1. The van der Waals surface area contributed by atoms with Gasteiger partial charge in [0.15, 0.2) is 0 Å². The molecule has 0 heterocycles. The largest absolute Gasteiger partial charge is 0.0622 e. The molecule has 0 atom stereocenters. The van der Waals surface area contributed by atoms with Crippen molar-refractivity contribution in [2.24, 2.45) is 5.41 Å². The minimum atomic E-state index is 0.393. The number of hydrogen-bond donors (Lipinski definition) is 0. The Kier molecular flexibility index (Phi) is 3.86. The zero-order valence-electron chi connectivity index (χ0n) is 11.6. The number of rotatable bonds is 3. The molecule has 2 rings (SSSR count). The molecule has 0 spiro atoms. The second kappa shape index (κ2) is 5.39. The van der Waals surface area contributed by atoms with Crippen LogP contribution < -0.4 is 0 Å². The average Bonchev–Trinajstić information content (AvgIpc) is 2.37. The molecule has 0 N–H and O–H groups in total. The topological polar surface area (TPSA) is 0 Å². The summed E-state index contributed by atoms with van der Waals surface area (Å²) in [6, 6.07) is 19.4. The van der Waals surface area contributed by atoms with Crippen LogP contribution in [0.25, 0.3) is 11.1 Å². The molecule has 94 valence electrons. The molecule has 18 heavy (non-hydrogen) atoms. The third-order valence-corrected chi connectivity index (χ3v) is 3.25. The van der Waals surface area contributed by atoms with Gasteiger partial charge in [0.2, 0.25) is 0 Å². The molecule has 0 saturated carbocycles. The van der Waals surface area contributed by atoms with Gasteiger partial charge in [0.1, 0.15) is 0 Å². The summed E-state index contributed by atoms with van der Waals surface area (Å²) in [5, 5.41) is 0. The first-order valence-electron chi connectivity index (χ1n) is 6.70. The van der Waals surface area contributed by atoms with E-state index in [2.05, 4.69) is 75.4 Å². The van der Waals surface area contributed by atoms with E-state index in [0.717, 1.165) is 6.42 Å². The van der Waals surface area contributed by atoms with Crippen LogP contribution in [-0.4, -0.2) is 0 Å². The normalized spacial score (nSPS) is 11.5. The fourth-order valence-electron chi connectivity index (χ4n) is 2.15. The van der Waals surface area contributed by atoms with Gasteiger partial charge in [-0.1, -0.05) is 75.4 Å². The van der Waals surface area contributed by atoms with Gasteiger partial charge >= 0.3 is 0 Å². The Balaban J connectivity index is 2.27. The van der Waals surface area contributed by atoms with E-state index in [4.69, 9.17) is 0 Å². The van der Waals surface area contributed by atoms with Crippen LogP contribution in [-0.2, 0) is 6.42 Å². The zero-order valence-corrected chi connectivity index (χ0v) is 11.6. The van der Waals surface area contributed by atoms with E-state index in [9.17, 15) is 0 Å². The lowest BCUT2D eigenvalue weighted by molar-refractivity contribution is 0.378. The fraction of sp³-hybridized carbons (Fsp3) is 0.333. The van der Waals surface area contributed by atoms with E-state index >= 15 is 0 Å². The highest BCUT2D eigenvalue weighted by molar-refractivity contribution is 5.67. The monoisotopic (exact) mass is 238 g/mol. The van der Waals surface area contributed by atoms with Gasteiger partial charge in [-0.05, 0) is 34.9 Å². The molecule has 0 amide bonds. The van der Waals surface area contributed by atoms with Gasteiger partial charge in [-0.2, -0.15) is 0 Å². The van der Waals surface area contributed by atoms with Gasteiger partial charge in [-0.25, -0.2) is 0 Å². The predicted octanol–water partition coefficient (Wildman–Crippen LogP) is 5.33. The smallest absolute Gasteiger partial charge is 0.0152 e. The maximum Gasteiger partial charge on any atom is -0.0152 e. The third-order valence-electron chi connectivity index (χ3n) is 3.25. The molecule has 0 radical (unpaired) electrons. The SMILES string of the molecule is CC(C)(C)CCc1ccccc1-c1ccccc1. The number of benzene rings is 2. The highest BCUT2D eigenvalue weighted by Gasteiger charge is 2.12. The van der Waals surface area contributed by atoms with Crippen molar-refractivity contribution in [3.05, 3.63) is 60.2 Å². The Hall–Kier alpha value is -1.56. The molecular weight excluding hydrogens is 216 g/mol. The van der Waals surface area contributed by atoms with Crippen molar-refractivity contribution >= 4 is 0 Å². The average molecular weight is 238 g/mol. The third kappa shape index (κ3) is 3.46. The van der Waals surface area contributed by atoms with E-state index in [-0.39, 0.29) is 0 Å². The molecule has 0 heteroatoms. The molecule has 0 aromatic heterocycles. The molecule has 2 aromatic rings. The fourth-order valence-corrected chi connectivity index (χ4v) is 2.15. The van der Waals surface area contributed by atoms with Crippen LogP contribution in [0.15, 0.2) is 54.6 Å². The minimum Gasteiger partial charge on any atom is -0.0622 e. The van der Waals surface area contributed by atoms with E-state index in [0.29, 0.717) is 5.41 Å². The Morgan fingerprint density at radius 2 is 1.39 bits per heavy atom. The Bertz CT molecular complexity index is 489. The first-order valence-corrected chi connectivity index (χ1v) is 6.70. The summed E-state index contributed by atoms with van der Waals surface area (Å²) in [5.41, 5.74) is 4.55. The standard InChI is InChI=1S/C18H22/c1-18(2,3)14-13-16-11-7-8-12-17(16)15-9-5-4-6-10-15/h4-12H,13-14H2,1-3H3. The summed E-state index contributed by atoms with van der Waals surface area (Å²) in [6.45, 7) is 6.91. The van der Waals surface area contributed by atoms with Gasteiger partial charge in [0.05, 0.1) is 0 Å². The van der Waals surface area contributed by atoms with Crippen molar-refractivity contribution in [3.8, 4) is 11.1 Å². The van der Waals surface area contributed by atoms with Crippen LogP contribution in [0.5, 0.6) is 0 Å². The summed E-state index contributed by atoms with van der Waals surface area (Å²) in [6.07, 6.45) is 2.37. The first-order chi connectivity index (χ1) is 8.56. The lowest BCUT2D eigenvalue weighted by Gasteiger charge is -2.19. The molecule has 0 saturated heterocycles. The molecular formula is C18H22. The van der Waals surface area contributed by atoms with Crippen LogP contribution in [0.4, 0.5) is 0 Å². The van der Waals surface area contributed by atoms with Crippen LogP contribution >= 0.6 is 0 Å². The summed E-state index contributed by atoms with van der Waals surface area (Å²) in [4.78, 5) is 0. The summed E-state index contributed by atoms with van der Waals surface area (Å²) < 4.78 is 0. The van der Waals surface area contributed by atoms with Gasteiger partial charge < -0.3 is 0 Å². The van der Waals surface area contributed by atoms with Crippen molar-refractivity contribution in [2.45, 2.75) is 33.6 Å². The van der Waals surface area contributed by atoms with Crippen LogP contribution in [0.3, 0.4) is 0 Å². The summed E-state index contributed by atoms with van der Waals surface area (Å²) in [5.74, 6) is 0. The molecule has 0 aliphatic rings. The lowest BCUT2D eigenvalue weighted by atomic mass is 9.86. The molecule has 0 aliphatic heterocycles. The Labute approximate surface area is 111 Å². The van der Waals surface area contributed by atoms with Gasteiger partial charge in [-0.3, -0.25) is 0 Å². The molecule has 2 aromatic carbocycles. The van der Waals surface area contributed by atoms with E-state index in [1.165, 1.54) is 23.1 Å². The van der Waals surface area contributed by atoms with Crippen molar-refractivity contribution in [1.82, 2.24) is 0 Å². The maximum atomic E-state index is 2.30. The van der Waals surface area contributed by atoms with Crippen molar-refractivity contribution in [3.63, 3.8) is 0 Å². The quantitative estimate of drug-likeness (QED) is 0.677. The maximum absolute atomic E-state index is 2.30.